The quantitative estimate of drug-likeness (QED) is 0.569. The maximum absolute atomic E-state index is 5.63. The highest BCUT2D eigenvalue weighted by Crippen LogP contribution is 2.36. The molecule has 1 N–H and O–H groups in total. The second kappa shape index (κ2) is 6.72. The summed E-state index contributed by atoms with van der Waals surface area (Å²) >= 11 is 0. The molecule has 8 nitrogen and oxygen atoms in total. The normalized spacial score (nSPS) is 17.1. The fourth-order valence-electron chi connectivity index (χ4n) is 4.11. The molecular formula is C21H25N7O. The van der Waals surface area contributed by atoms with Crippen molar-refractivity contribution < 1.29 is 4.74 Å². The summed E-state index contributed by atoms with van der Waals surface area (Å²) in [6, 6.07) is 2.41. The van der Waals surface area contributed by atoms with Crippen LogP contribution in [0, 0.1) is 5.41 Å². The van der Waals surface area contributed by atoms with Gasteiger partial charge in [0.25, 0.3) is 0 Å². The smallest absolute Gasteiger partial charge is 0.244 e. The van der Waals surface area contributed by atoms with Crippen LogP contribution >= 0.6 is 0 Å². The van der Waals surface area contributed by atoms with E-state index >= 15 is 0 Å². The highest BCUT2D eigenvalue weighted by atomic mass is 16.5. The predicted octanol–water partition coefficient (Wildman–Crippen LogP) is 3.83. The van der Waals surface area contributed by atoms with Crippen molar-refractivity contribution in [2.24, 2.45) is 5.41 Å². The minimum Gasteiger partial charge on any atom is -0.479 e. The molecule has 0 spiro atoms. The van der Waals surface area contributed by atoms with E-state index in [-0.39, 0.29) is 0 Å². The molecule has 29 heavy (non-hydrogen) atoms. The Morgan fingerprint density at radius 2 is 2.00 bits per heavy atom. The van der Waals surface area contributed by atoms with Crippen molar-refractivity contribution in [1.82, 2.24) is 29.0 Å². The lowest BCUT2D eigenvalue weighted by Gasteiger charge is -2.34. The van der Waals surface area contributed by atoms with Gasteiger partial charge in [0.2, 0.25) is 17.6 Å². The minimum atomic E-state index is 0.396. The van der Waals surface area contributed by atoms with Gasteiger partial charge in [-0.2, -0.15) is 4.98 Å². The Morgan fingerprint density at radius 3 is 2.79 bits per heavy atom. The summed E-state index contributed by atoms with van der Waals surface area (Å²) in [5.74, 6) is 1.82. The van der Waals surface area contributed by atoms with E-state index in [1.54, 1.807) is 13.3 Å². The number of fused-ring (bicyclic) bond motifs is 2. The molecule has 150 valence electrons. The van der Waals surface area contributed by atoms with Crippen molar-refractivity contribution in [2.45, 2.75) is 45.6 Å². The maximum atomic E-state index is 5.63. The Morgan fingerprint density at radius 1 is 1.17 bits per heavy atom. The number of nitrogens with zero attached hydrogens (tertiary/aromatic N) is 6. The summed E-state index contributed by atoms with van der Waals surface area (Å²) in [5, 5.41) is 8.20. The third-order valence-corrected chi connectivity index (χ3v) is 5.90. The highest BCUT2D eigenvalue weighted by Gasteiger charge is 2.27. The summed E-state index contributed by atoms with van der Waals surface area (Å²) in [4.78, 5) is 13.3. The van der Waals surface area contributed by atoms with Gasteiger partial charge in [0.05, 0.1) is 7.11 Å². The summed E-state index contributed by atoms with van der Waals surface area (Å²) in [7, 11) is 1.64. The first-order valence-corrected chi connectivity index (χ1v) is 10.0. The van der Waals surface area contributed by atoms with Crippen molar-refractivity contribution in [2.75, 3.05) is 12.4 Å². The van der Waals surface area contributed by atoms with Crippen LogP contribution in [-0.2, 0) is 0 Å². The number of rotatable bonds is 4. The molecule has 1 aliphatic carbocycles. The van der Waals surface area contributed by atoms with E-state index in [2.05, 4.69) is 39.2 Å². The van der Waals surface area contributed by atoms with Gasteiger partial charge in [-0.25, -0.2) is 14.5 Å². The first-order chi connectivity index (χ1) is 14.0. The Balaban J connectivity index is 1.49. The molecule has 4 heterocycles. The largest absolute Gasteiger partial charge is 0.479 e. The van der Waals surface area contributed by atoms with E-state index in [4.69, 9.17) is 4.74 Å². The molecule has 0 unspecified atom stereocenters. The predicted molar refractivity (Wildman–Crippen MR) is 111 cm³/mol. The zero-order chi connectivity index (χ0) is 20.0. The van der Waals surface area contributed by atoms with Gasteiger partial charge in [-0.1, -0.05) is 13.8 Å². The van der Waals surface area contributed by atoms with Crippen molar-refractivity contribution in [3.05, 3.63) is 37.1 Å². The summed E-state index contributed by atoms with van der Waals surface area (Å²) in [5.41, 5.74) is 3.18. The molecule has 1 aliphatic rings. The molecule has 4 aromatic heterocycles. The van der Waals surface area contributed by atoms with Crippen LogP contribution in [0.1, 0.15) is 39.5 Å². The summed E-state index contributed by atoms with van der Waals surface area (Å²) < 4.78 is 9.36. The van der Waals surface area contributed by atoms with Gasteiger partial charge in [0.1, 0.15) is 5.52 Å². The van der Waals surface area contributed by atoms with Gasteiger partial charge in [-0.3, -0.25) is 4.40 Å². The third-order valence-electron chi connectivity index (χ3n) is 5.90. The minimum absolute atomic E-state index is 0.396. The van der Waals surface area contributed by atoms with Crippen LogP contribution in [0.4, 0.5) is 5.95 Å². The highest BCUT2D eigenvalue weighted by molar-refractivity contribution is 5.84. The molecule has 4 aromatic rings. The molecule has 0 saturated heterocycles. The van der Waals surface area contributed by atoms with Gasteiger partial charge in [-0.05, 0) is 37.2 Å². The van der Waals surface area contributed by atoms with Crippen LogP contribution in [-0.4, -0.2) is 42.1 Å². The van der Waals surface area contributed by atoms with E-state index in [9.17, 15) is 0 Å². The Hall–Kier alpha value is -3.16. The van der Waals surface area contributed by atoms with Crippen LogP contribution < -0.4 is 10.1 Å². The molecule has 0 aliphatic heterocycles. The SMILES string of the molecule is COc1nc(NC2CCC(C)(C)CC2)nn2ccc(-c3cnc4nccn4c3)c12. The average Bonchev–Trinajstić information content (AvgIpc) is 3.35. The Kier molecular flexibility index (Phi) is 4.15. The first kappa shape index (κ1) is 17.9. The molecule has 0 amide bonds. The number of imidazole rings is 1. The zero-order valence-corrected chi connectivity index (χ0v) is 17.0. The molecule has 1 fully saturated rings. The lowest BCUT2D eigenvalue weighted by molar-refractivity contribution is 0.232. The Labute approximate surface area is 169 Å². The topological polar surface area (TPSA) is 81.6 Å². The summed E-state index contributed by atoms with van der Waals surface area (Å²) in [6.07, 6.45) is 14.0. The van der Waals surface area contributed by atoms with E-state index in [0.29, 0.717) is 29.1 Å². The van der Waals surface area contributed by atoms with E-state index < -0.39 is 0 Å². The zero-order valence-electron chi connectivity index (χ0n) is 17.0. The molecule has 1 saturated carbocycles. The second-order valence-electron chi connectivity index (χ2n) is 8.53. The molecule has 0 atom stereocenters. The first-order valence-electron chi connectivity index (χ1n) is 10.0. The van der Waals surface area contributed by atoms with Crippen molar-refractivity contribution in [1.29, 1.82) is 0 Å². The lowest BCUT2D eigenvalue weighted by atomic mass is 9.76. The standard InChI is InChI=1S/C21H25N7O/c1-21(2)7-4-15(5-8-21)24-19-25-18(29-3)17-16(6-10-28(17)26-19)14-12-23-20-22-9-11-27(20)13-14/h6,9-13,15H,4-5,7-8H2,1-3H3,(H,24,26). The van der Waals surface area contributed by atoms with Crippen LogP contribution in [0.25, 0.3) is 22.4 Å². The fourth-order valence-corrected chi connectivity index (χ4v) is 4.11. The number of methoxy groups -OCH3 is 1. The van der Waals surface area contributed by atoms with Gasteiger partial charge in [0.15, 0.2) is 0 Å². The molecule has 8 heteroatoms. The molecule has 0 radical (unpaired) electrons. The average molecular weight is 391 g/mol. The van der Waals surface area contributed by atoms with Gasteiger partial charge >= 0.3 is 0 Å². The monoisotopic (exact) mass is 391 g/mol. The van der Waals surface area contributed by atoms with Crippen LogP contribution in [0.3, 0.4) is 0 Å². The number of ether oxygens (including phenoxy) is 1. The molecule has 5 rings (SSSR count). The lowest BCUT2D eigenvalue weighted by Crippen LogP contribution is -2.30. The van der Waals surface area contributed by atoms with Crippen LogP contribution in [0.5, 0.6) is 5.88 Å². The van der Waals surface area contributed by atoms with Gasteiger partial charge in [-0.15, -0.1) is 5.10 Å². The van der Waals surface area contributed by atoms with Gasteiger partial charge < -0.3 is 10.1 Å². The fraction of sp³-hybridized carbons (Fsp3) is 0.429. The van der Waals surface area contributed by atoms with Crippen LogP contribution in [0.15, 0.2) is 37.1 Å². The van der Waals surface area contributed by atoms with E-state index in [0.717, 1.165) is 29.5 Å². The number of hydrogen-bond acceptors (Lipinski definition) is 6. The molecule has 0 aromatic carbocycles. The molecular weight excluding hydrogens is 366 g/mol. The third kappa shape index (κ3) is 3.28. The number of aromatic nitrogens is 6. The van der Waals surface area contributed by atoms with Crippen molar-refractivity contribution >= 4 is 17.2 Å². The van der Waals surface area contributed by atoms with Gasteiger partial charge in [0, 0.05) is 48.2 Å². The van der Waals surface area contributed by atoms with Crippen LogP contribution in [0.2, 0.25) is 0 Å². The number of anilines is 1. The summed E-state index contributed by atoms with van der Waals surface area (Å²) in [6.45, 7) is 4.68. The number of nitrogens with one attached hydrogen (secondary N) is 1. The number of hydrogen-bond donors (Lipinski definition) is 1. The Bertz CT molecular complexity index is 1170. The van der Waals surface area contributed by atoms with Crippen molar-refractivity contribution in [3.63, 3.8) is 0 Å². The van der Waals surface area contributed by atoms with E-state index in [1.807, 2.05) is 39.8 Å². The molecule has 0 bridgehead atoms. The van der Waals surface area contributed by atoms with E-state index in [1.165, 1.54) is 12.8 Å². The second-order valence-corrected chi connectivity index (χ2v) is 8.53. The maximum Gasteiger partial charge on any atom is 0.244 e. The van der Waals surface area contributed by atoms with Crippen molar-refractivity contribution in [3.8, 4) is 17.0 Å².